The molecule has 1 heterocycles. The Morgan fingerprint density at radius 3 is 2.56 bits per heavy atom. The molecular formula is C18H19ClN4O2. The molecule has 0 radical (unpaired) electrons. The Balaban J connectivity index is 1.66. The van der Waals surface area contributed by atoms with Gasteiger partial charge in [-0.3, -0.25) is 9.69 Å². The molecular weight excluding hydrogens is 340 g/mol. The number of carbonyl (C=O) groups is 1. The van der Waals surface area contributed by atoms with Crippen molar-refractivity contribution in [1.29, 1.82) is 0 Å². The molecule has 0 fully saturated rings. The van der Waals surface area contributed by atoms with Crippen molar-refractivity contribution in [3.8, 4) is 0 Å². The Morgan fingerprint density at radius 2 is 1.84 bits per heavy atom. The van der Waals surface area contributed by atoms with Gasteiger partial charge in [-0.15, -0.1) is 0 Å². The van der Waals surface area contributed by atoms with Crippen LogP contribution in [0.5, 0.6) is 0 Å². The monoisotopic (exact) mass is 358 g/mol. The standard InChI is InChI=1S/C18H19ClN4O2/c1-11(23(2)10-12-3-5-13(19)6-4-12)17(24)20-14-7-8-15-16(9-14)22-18(25)21-15/h3-9,11H,10H2,1-2H3,(H,20,24)(H2,21,22,25). The molecule has 0 aliphatic carbocycles. The molecule has 0 aliphatic heterocycles. The van der Waals surface area contributed by atoms with Gasteiger partial charge in [-0.2, -0.15) is 0 Å². The highest BCUT2D eigenvalue weighted by atomic mass is 35.5. The minimum Gasteiger partial charge on any atom is -0.325 e. The van der Waals surface area contributed by atoms with Gasteiger partial charge in [0.1, 0.15) is 0 Å². The summed E-state index contributed by atoms with van der Waals surface area (Å²) in [4.78, 5) is 31.1. The Labute approximate surface area is 149 Å². The van der Waals surface area contributed by atoms with Gasteiger partial charge < -0.3 is 15.3 Å². The molecule has 25 heavy (non-hydrogen) atoms. The zero-order valence-electron chi connectivity index (χ0n) is 14.0. The number of imidazole rings is 1. The van der Waals surface area contributed by atoms with Crippen molar-refractivity contribution in [2.24, 2.45) is 0 Å². The van der Waals surface area contributed by atoms with Crippen LogP contribution in [0.3, 0.4) is 0 Å². The lowest BCUT2D eigenvalue weighted by atomic mass is 10.2. The van der Waals surface area contributed by atoms with Gasteiger partial charge in [0.05, 0.1) is 17.1 Å². The summed E-state index contributed by atoms with van der Waals surface area (Å²) in [6.07, 6.45) is 0. The Morgan fingerprint density at radius 1 is 1.16 bits per heavy atom. The minimum atomic E-state index is -0.323. The maximum atomic E-state index is 12.5. The first-order valence-electron chi connectivity index (χ1n) is 7.90. The number of aromatic nitrogens is 2. The molecule has 0 spiro atoms. The lowest BCUT2D eigenvalue weighted by Crippen LogP contribution is -2.39. The van der Waals surface area contributed by atoms with Crippen molar-refractivity contribution in [1.82, 2.24) is 14.9 Å². The number of nitrogens with one attached hydrogen (secondary N) is 3. The first-order valence-corrected chi connectivity index (χ1v) is 8.28. The number of amides is 1. The molecule has 3 aromatic rings. The number of halogens is 1. The van der Waals surface area contributed by atoms with Crippen LogP contribution in [0.1, 0.15) is 12.5 Å². The fourth-order valence-electron chi connectivity index (χ4n) is 2.57. The topological polar surface area (TPSA) is 81.0 Å². The molecule has 2 aromatic carbocycles. The maximum absolute atomic E-state index is 12.5. The lowest BCUT2D eigenvalue weighted by Gasteiger charge is -2.24. The van der Waals surface area contributed by atoms with Crippen LogP contribution in [-0.4, -0.2) is 33.9 Å². The van der Waals surface area contributed by atoms with Crippen LogP contribution in [0.4, 0.5) is 5.69 Å². The van der Waals surface area contributed by atoms with Crippen LogP contribution in [0.25, 0.3) is 11.0 Å². The molecule has 130 valence electrons. The summed E-state index contributed by atoms with van der Waals surface area (Å²) in [5, 5.41) is 3.57. The smallest absolute Gasteiger partial charge is 0.323 e. The van der Waals surface area contributed by atoms with Crippen LogP contribution in [0.2, 0.25) is 5.02 Å². The van der Waals surface area contributed by atoms with E-state index in [1.165, 1.54) is 0 Å². The molecule has 1 atom stereocenters. The zero-order valence-corrected chi connectivity index (χ0v) is 14.7. The molecule has 7 heteroatoms. The van der Waals surface area contributed by atoms with Gasteiger partial charge in [0.2, 0.25) is 5.91 Å². The van der Waals surface area contributed by atoms with Gasteiger partial charge >= 0.3 is 5.69 Å². The first-order chi connectivity index (χ1) is 11.9. The highest BCUT2D eigenvalue weighted by molar-refractivity contribution is 6.30. The second-order valence-electron chi connectivity index (χ2n) is 6.05. The predicted molar refractivity (Wildman–Crippen MR) is 99.9 cm³/mol. The number of fused-ring (bicyclic) bond motifs is 1. The van der Waals surface area contributed by atoms with Crippen LogP contribution < -0.4 is 11.0 Å². The van der Waals surface area contributed by atoms with Gasteiger partial charge in [-0.05, 0) is 49.9 Å². The summed E-state index contributed by atoms with van der Waals surface area (Å²) in [5.41, 5.74) is 2.81. The maximum Gasteiger partial charge on any atom is 0.323 e. The van der Waals surface area contributed by atoms with E-state index in [1.54, 1.807) is 18.2 Å². The number of nitrogens with zero attached hydrogens (tertiary/aromatic N) is 1. The molecule has 1 aromatic heterocycles. The van der Waals surface area contributed by atoms with E-state index in [9.17, 15) is 9.59 Å². The second kappa shape index (κ2) is 7.13. The Bertz CT molecular complexity index is 946. The van der Waals surface area contributed by atoms with Crippen molar-refractivity contribution in [2.75, 3.05) is 12.4 Å². The van der Waals surface area contributed by atoms with E-state index in [1.807, 2.05) is 43.1 Å². The second-order valence-corrected chi connectivity index (χ2v) is 6.48. The highest BCUT2D eigenvalue weighted by Crippen LogP contribution is 2.16. The molecule has 0 bridgehead atoms. The quantitative estimate of drug-likeness (QED) is 0.656. The van der Waals surface area contributed by atoms with Crippen molar-refractivity contribution < 1.29 is 4.79 Å². The number of rotatable bonds is 5. The van der Waals surface area contributed by atoms with Crippen molar-refractivity contribution in [3.63, 3.8) is 0 Å². The van der Waals surface area contributed by atoms with E-state index in [2.05, 4.69) is 15.3 Å². The number of hydrogen-bond acceptors (Lipinski definition) is 3. The van der Waals surface area contributed by atoms with Gasteiger partial charge in [-0.25, -0.2) is 4.79 Å². The largest absolute Gasteiger partial charge is 0.325 e. The van der Waals surface area contributed by atoms with E-state index < -0.39 is 0 Å². The predicted octanol–water partition coefficient (Wildman–Crippen LogP) is 2.97. The molecule has 0 saturated carbocycles. The van der Waals surface area contributed by atoms with E-state index in [4.69, 9.17) is 11.6 Å². The normalized spacial score (nSPS) is 12.5. The van der Waals surface area contributed by atoms with E-state index >= 15 is 0 Å². The molecule has 1 unspecified atom stereocenters. The average molecular weight is 359 g/mol. The number of benzene rings is 2. The molecule has 0 saturated heterocycles. The highest BCUT2D eigenvalue weighted by Gasteiger charge is 2.18. The van der Waals surface area contributed by atoms with Gasteiger partial charge in [-0.1, -0.05) is 23.7 Å². The summed E-state index contributed by atoms with van der Waals surface area (Å²) < 4.78 is 0. The van der Waals surface area contributed by atoms with Crippen LogP contribution >= 0.6 is 11.6 Å². The number of likely N-dealkylation sites (N-methyl/N-ethyl adjacent to an activating group) is 1. The van der Waals surface area contributed by atoms with E-state index in [-0.39, 0.29) is 17.6 Å². The SMILES string of the molecule is CC(C(=O)Nc1ccc2[nH]c(=O)[nH]c2c1)N(C)Cc1ccc(Cl)cc1. The third-order valence-corrected chi connectivity index (χ3v) is 4.42. The Hall–Kier alpha value is -2.57. The van der Waals surface area contributed by atoms with E-state index in [0.29, 0.717) is 28.3 Å². The average Bonchev–Trinajstić information content (AvgIpc) is 2.95. The lowest BCUT2D eigenvalue weighted by molar-refractivity contribution is -0.120. The molecule has 6 nitrogen and oxygen atoms in total. The van der Waals surface area contributed by atoms with Gasteiger partial charge in [0.25, 0.3) is 0 Å². The molecule has 3 N–H and O–H groups in total. The molecule has 3 rings (SSSR count). The number of H-pyrrole nitrogens is 2. The summed E-state index contributed by atoms with van der Waals surface area (Å²) >= 11 is 5.89. The summed E-state index contributed by atoms with van der Waals surface area (Å²) in [6, 6.07) is 12.5. The van der Waals surface area contributed by atoms with Gasteiger partial charge in [0, 0.05) is 17.3 Å². The number of hydrogen-bond donors (Lipinski definition) is 3. The minimum absolute atomic E-state index is 0.117. The van der Waals surface area contributed by atoms with Crippen molar-refractivity contribution in [2.45, 2.75) is 19.5 Å². The third-order valence-electron chi connectivity index (χ3n) is 4.17. The summed E-state index contributed by atoms with van der Waals surface area (Å²) in [5.74, 6) is -0.117. The summed E-state index contributed by atoms with van der Waals surface area (Å²) in [7, 11) is 1.89. The van der Waals surface area contributed by atoms with Crippen LogP contribution in [0, 0.1) is 0 Å². The summed E-state index contributed by atoms with van der Waals surface area (Å²) in [6.45, 7) is 2.48. The number of anilines is 1. The van der Waals surface area contributed by atoms with Gasteiger partial charge in [0.15, 0.2) is 0 Å². The third kappa shape index (κ3) is 4.10. The fraction of sp³-hybridized carbons (Fsp3) is 0.222. The van der Waals surface area contributed by atoms with Crippen molar-refractivity contribution >= 4 is 34.2 Å². The molecule has 0 aliphatic rings. The Kier molecular flexibility index (Phi) is 4.92. The number of carbonyl (C=O) groups excluding carboxylic acids is 1. The van der Waals surface area contributed by atoms with E-state index in [0.717, 1.165) is 5.56 Å². The first kappa shape index (κ1) is 17.3. The van der Waals surface area contributed by atoms with Crippen LogP contribution in [0.15, 0.2) is 47.3 Å². The number of aromatic amines is 2. The zero-order chi connectivity index (χ0) is 18.0. The van der Waals surface area contributed by atoms with Crippen LogP contribution in [-0.2, 0) is 11.3 Å². The fourth-order valence-corrected chi connectivity index (χ4v) is 2.70. The molecule has 1 amide bonds. The van der Waals surface area contributed by atoms with Crippen molar-refractivity contribution in [3.05, 3.63) is 63.5 Å².